The molecule has 9 heteroatoms. The van der Waals surface area contributed by atoms with Gasteiger partial charge in [0, 0.05) is 11.6 Å². The van der Waals surface area contributed by atoms with Gasteiger partial charge in [0.15, 0.2) is 0 Å². The fourth-order valence-corrected chi connectivity index (χ4v) is 4.78. The minimum absolute atomic E-state index is 0.0220. The highest BCUT2D eigenvalue weighted by Gasteiger charge is 2.34. The molecule has 1 atom stereocenters. The highest BCUT2D eigenvalue weighted by Crippen LogP contribution is 2.35. The molecule has 0 amide bonds. The van der Waals surface area contributed by atoms with Crippen LogP contribution in [0, 0.1) is 0 Å². The number of pyridine rings is 1. The fraction of sp³-hybridized carbons (Fsp3) is 0.231. The minimum Gasteiger partial charge on any atom is -0.477 e. The molecule has 7 nitrogen and oxygen atoms in total. The van der Waals surface area contributed by atoms with E-state index in [0.29, 0.717) is 5.69 Å². The van der Waals surface area contributed by atoms with Crippen LogP contribution in [0.3, 0.4) is 0 Å². The van der Waals surface area contributed by atoms with Crippen molar-refractivity contribution in [3.05, 3.63) is 34.7 Å². The molecule has 0 bridgehead atoms. The van der Waals surface area contributed by atoms with Gasteiger partial charge in [-0.05, 0) is 25.1 Å². The average Bonchev–Trinajstić information content (AvgIpc) is 2.97. The second kappa shape index (κ2) is 5.25. The Hall–Kier alpha value is -2.13. The number of aromatic carboxylic acids is 1. The van der Waals surface area contributed by atoms with Gasteiger partial charge in [-0.25, -0.2) is 18.2 Å². The first-order valence-electron chi connectivity index (χ1n) is 6.36. The number of rotatable bonds is 3. The summed E-state index contributed by atoms with van der Waals surface area (Å²) in [5.74, 6) is -0.901. The SMILES string of the molecule is CC1CN(S(=O)(=O)c2csc(C(=O)O)c2)c2cccnc2O1. The van der Waals surface area contributed by atoms with Crippen molar-refractivity contribution in [3.8, 4) is 5.88 Å². The second-order valence-electron chi connectivity index (χ2n) is 4.74. The zero-order valence-corrected chi connectivity index (χ0v) is 13.1. The molecule has 0 saturated carbocycles. The first kappa shape index (κ1) is 14.8. The van der Waals surface area contributed by atoms with Gasteiger partial charge in [-0.1, -0.05) is 0 Å². The molecule has 0 radical (unpaired) electrons. The predicted octanol–water partition coefficient (Wildman–Crippen LogP) is 1.82. The number of nitrogens with zero attached hydrogens (tertiary/aromatic N) is 2. The number of fused-ring (bicyclic) bond motifs is 1. The van der Waals surface area contributed by atoms with Gasteiger partial charge in [-0.3, -0.25) is 4.31 Å². The Labute approximate surface area is 130 Å². The number of carboxylic acids is 1. The summed E-state index contributed by atoms with van der Waals surface area (Å²) in [4.78, 5) is 14.9. The van der Waals surface area contributed by atoms with Gasteiger partial charge in [0.25, 0.3) is 10.0 Å². The van der Waals surface area contributed by atoms with Crippen LogP contribution in [0.5, 0.6) is 5.88 Å². The number of hydrogen-bond acceptors (Lipinski definition) is 6. The Bertz CT molecular complexity index is 830. The molecule has 1 unspecified atom stereocenters. The standard InChI is InChI=1S/C13H12N2O5S2/c1-8-6-15(10-3-2-4-14-12(10)20-8)22(18,19)9-5-11(13(16)17)21-7-9/h2-5,7-8H,6H2,1H3,(H,16,17). The molecule has 1 aliphatic rings. The third-order valence-corrected chi connectivity index (χ3v) is 5.95. The molecule has 3 rings (SSSR count). The Morgan fingerprint density at radius 2 is 2.32 bits per heavy atom. The van der Waals surface area contributed by atoms with Gasteiger partial charge in [0.1, 0.15) is 16.7 Å². The number of anilines is 1. The summed E-state index contributed by atoms with van der Waals surface area (Å²) in [7, 11) is -3.86. The lowest BCUT2D eigenvalue weighted by molar-refractivity contribution is 0.0702. The Morgan fingerprint density at radius 1 is 1.55 bits per heavy atom. The maximum Gasteiger partial charge on any atom is 0.345 e. The highest BCUT2D eigenvalue weighted by molar-refractivity contribution is 7.93. The number of sulfonamides is 1. The molecule has 0 aromatic carbocycles. The molecule has 0 spiro atoms. The van der Waals surface area contributed by atoms with Gasteiger partial charge in [0.05, 0.1) is 11.4 Å². The van der Waals surface area contributed by atoms with Gasteiger partial charge < -0.3 is 9.84 Å². The maximum atomic E-state index is 12.8. The molecule has 2 aromatic rings. The van der Waals surface area contributed by atoms with Crippen LogP contribution in [0.15, 0.2) is 34.7 Å². The number of aromatic nitrogens is 1. The molecule has 22 heavy (non-hydrogen) atoms. The van der Waals surface area contributed by atoms with E-state index in [4.69, 9.17) is 9.84 Å². The Kier molecular flexibility index (Phi) is 3.53. The van der Waals surface area contributed by atoms with E-state index in [-0.39, 0.29) is 28.3 Å². The van der Waals surface area contributed by atoms with Crippen LogP contribution >= 0.6 is 11.3 Å². The molecule has 1 aliphatic heterocycles. The van der Waals surface area contributed by atoms with Crippen molar-refractivity contribution in [2.45, 2.75) is 17.9 Å². The predicted molar refractivity (Wildman–Crippen MR) is 80.1 cm³/mol. The summed E-state index contributed by atoms with van der Waals surface area (Å²) in [6.45, 7) is 1.88. The summed E-state index contributed by atoms with van der Waals surface area (Å²) >= 11 is 0.878. The topological polar surface area (TPSA) is 96.8 Å². The zero-order valence-electron chi connectivity index (χ0n) is 11.5. The zero-order chi connectivity index (χ0) is 15.9. The van der Waals surface area contributed by atoms with Crippen LogP contribution in [0.1, 0.15) is 16.6 Å². The normalized spacial score (nSPS) is 17.7. The molecule has 1 N–H and O–H groups in total. The van der Waals surface area contributed by atoms with Crippen molar-refractivity contribution in [2.75, 3.05) is 10.8 Å². The van der Waals surface area contributed by atoms with E-state index in [1.807, 2.05) is 0 Å². The van der Waals surface area contributed by atoms with Crippen molar-refractivity contribution < 1.29 is 23.1 Å². The molecule has 0 fully saturated rings. The number of carbonyl (C=O) groups is 1. The van der Waals surface area contributed by atoms with Crippen molar-refractivity contribution in [3.63, 3.8) is 0 Å². The van der Waals surface area contributed by atoms with E-state index < -0.39 is 16.0 Å². The molecular weight excluding hydrogens is 328 g/mol. The van der Waals surface area contributed by atoms with E-state index in [1.54, 1.807) is 19.1 Å². The van der Waals surface area contributed by atoms with E-state index in [2.05, 4.69) is 4.98 Å². The lowest BCUT2D eigenvalue weighted by Crippen LogP contribution is -2.42. The molecule has 2 aromatic heterocycles. The monoisotopic (exact) mass is 340 g/mol. The van der Waals surface area contributed by atoms with Crippen LogP contribution in [-0.4, -0.2) is 37.1 Å². The summed E-state index contributed by atoms with van der Waals surface area (Å²) in [5.41, 5.74) is 0.351. The number of carboxylic acid groups (broad SMARTS) is 1. The number of ether oxygens (including phenoxy) is 1. The van der Waals surface area contributed by atoms with E-state index in [1.165, 1.54) is 21.9 Å². The van der Waals surface area contributed by atoms with Crippen LogP contribution < -0.4 is 9.04 Å². The van der Waals surface area contributed by atoms with Crippen LogP contribution in [0.4, 0.5) is 5.69 Å². The lowest BCUT2D eigenvalue weighted by atomic mass is 10.3. The molecule has 3 heterocycles. The third-order valence-electron chi connectivity index (χ3n) is 3.13. The molecule has 0 aliphatic carbocycles. The summed E-state index contributed by atoms with van der Waals surface area (Å²) < 4.78 is 32.3. The van der Waals surface area contributed by atoms with E-state index >= 15 is 0 Å². The van der Waals surface area contributed by atoms with Crippen molar-refractivity contribution in [1.82, 2.24) is 4.98 Å². The largest absolute Gasteiger partial charge is 0.477 e. The summed E-state index contributed by atoms with van der Waals surface area (Å²) in [6, 6.07) is 4.39. The minimum atomic E-state index is -3.86. The third kappa shape index (κ3) is 2.42. The summed E-state index contributed by atoms with van der Waals surface area (Å²) in [5, 5.41) is 10.3. The van der Waals surface area contributed by atoms with E-state index in [9.17, 15) is 13.2 Å². The fourth-order valence-electron chi connectivity index (χ4n) is 2.14. The maximum absolute atomic E-state index is 12.8. The first-order valence-corrected chi connectivity index (χ1v) is 8.68. The molecular formula is C13H12N2O5S2. The van der Waals surface area contributed by atoms with E-state index in [0.717, 1.165) is 11.3 Å². The second-order valence-corrected chi connectivity index (χ2v) is 7.52. The molecule has 116 valence electrons. The van der Waals surface area contributed by atoms with Crippen molar-refractivity contribution >= 4 is 33.0 Å². The summed E-state index contributed by atoms with van der Waals surface area (Å²) in [6.07, 6.45) is 1.17. The van der Waals surface area contributed by atoms with Crippen molar-refractivity contribution in [2.24, 2.45) is 0 Å². The van der Waals surface area contributed by atoms with Crippen molar-refractivity contribution in [1.29, 1.82) is 0 Å². The number of thiophene rings is 1. The smallest absolute Gasteiger partial charge is 0.345 e. The Balaban J connectivity index is 2.07. The average molecular weight is 340 g/mol. The van der Waals surface area contributed by atoms with Gasteiger partial charge in [0.2, 0.25) is 5.88 Å². The van der Waals surface area contributed by atoms with Gasteiger partial charge in [-0.2, -0.15) is 0 Å². The quantitative estimate of drug-likeness (QED) is 0.915. The van der Waals surface area contributed by atoms with Crippen LogP contribution in [0.2, 0.25) is 0 Å². The van der Waals surface area contributed by atoms with Crippen LogP contribution in [0.25, 0.3) is 0 Å². The highest BCUT2D eigenvalue weighted by atomic mass is 32.2. The van der Waals surface area contributed by atoms with Crippen LogP contribution in [-0.2, 0) is 10.0 Å². The van der Waals surface area contributed by atoms with Gasteiger partial charge in [-0.15, -0.1) is 11.3 Å². The lowest BCUT2D eigenvalue weighted by Gasteiger charge is -2.32. The van der Waals surface area contributed by atoms with Gasteiger partial charge >= 0.3 is 5.97 Å². The number of hydrogen-bond donors (Lipinski definition) is 1. The first-order chi connectivity index (χ1) is 10.4. The molecule has 0 saturated heterocycles. The Morgan fingerprint density at radius 3 is 3.00 bits per heavy atom.